The number of benzene rings is 2. The van der Waals surface area contributed by atoms with Gasteiger partial charge in [0.05, 0.1) is 18.8 Å². The number of nitrogens with zero attached hydrogens (tertiary/aromatic N) is 1. The Morgan fingerprint density at radius 2 is 2.04 bits per heavy atom. The van der Waals surface area contributed by atoms with Crippen LogP contribution in [-0.4, -0.2) is 25.6 Å². The van der Waals surface area contributed by atoms with Gasteiger partial charge in [-0.1, -0.05) is 24.3 Å². The summed E-state index contributed by atoms with van der Waals surface area (Å²) in [6, 6.07) is 13.8. The van der Waals surface area contributed by atoms with Crippen molar-refractivity contribution in [3.63, 3.8) is 0 Å². The molecule has 0 radical (unpaired) electrons. The van der Waals surface area contributed by atoms with E-state index in [1.807, 2.05) is 31.2 Å². The third-order valence-electron chi connectivity index (χ3n) is 4.15. The molecule has 0 unspecified atom stereocenters. The zero-order valence-electron chi connectivity index (χ0n) is 13.6. The van der Waals surface area contributed by atoms with Crippen LogP contribution in [0.1, 0.15) is 18.1 Å². The molecule has 1 heterocycles. The van der Waals surface area contributed by atoms with Crippen molar-refractivity contribution in [3.05, 3.63) is 53.6 Å². The third kappa shape index (κ3) is 3.31. The molecule has 0 aliphatic carbocycles. The zero-order chi connectivity index (χ0) is 16.2. The summed E-state index contributed by atoms with van der Waals surface area (Å²) >= 11 is 0. The Bertz CT molecular complexity index is 712. The van der Waals surface area contributed by atoms with Gasteiger partial charge in [-0.3, -0.25) is 4.79 Å². The summed E-state index contributed by atoms with van der Waals surface area (Å²) in [6.07, 6.45) is 1.00. The lowest BCUT2D eigenvalue weighted by Gasteiger charge is -2.19. The van der Waals surface area contributed by atoms with Crippen molar-refractivity contribution >= 4 is 17.3 Å². The molecule has 0 saturated carbocycles. The molecule has 4 heteroatoms. The number of amides is 1. The van der Waals surface area contributed by atoms with Crippen molar-refractivity contribution in [2.45, 2.75) is 20.3 Å². The van der Waals surface area contributed by atoms with Gasteiger partial charge in [0.15, 0.2) is 0 Å². The third-order valence-corrected chi connectivity index (χ3v) is 4.15. The summed E-state index contributed by atoms with van der Waals surface area (Å²) in [6.45, 7) is 5.88. The molecule has 1 N–H and O–H groups in total. The van der Waals surface area contributed by atoms with Crippen LogP contribution in [0.15, 0.2) is 42.5 Å². The fraction of sp³-hybridized carbons (Fsp3) is 0.316. The number of anilines is 2. The van der Waals surface area contributed by atoms with Crippen LogP contribution in [0.4, 0.5) is 11.4 Å². The van der Waals surface area contributed by atoms with E-state index in [0.29, 0.717) is 18.9 Å². The largest absolute Gasteiger partial charge is 0.492 e. The van der Waals surface area contributed by atoms with Crippen molar-refractivity contribution in [3.8, 4) is 5.75 Å². The Morgan fingerprint density at radius 1 is 1.22 bits per heavy atom. The molecular weight excluding hydrogens is 288 g/mol. The summed E-state index contributed by atoms with van der Waals surface area (Å²) < 4.78 is 5.55. The maximum atomic E-state index is 12.4. The van der Waals surface area contributed by atoms with E-state index in [1.54, 1.807) is 0 Å². The smallest absolute Gasteiger partial charge is 0.243 e. The molecule has 1 aliphatic heterocycles. The van der Waals surface area contributed by atoms with Crippen LogP contribution in [0, 0.1) is 6.92 Å². The maximum Gasteiger partial charge on any atom is 0.243 e. The predicted molar refractivity (Wildman–Crippen MR) is 93.3 cm³/mol. The molecule has 0 atom stereocenters. The van der Waals surface area contributed by atoms with Gasteiger partial charge in [0, 0.05) is 12.2 Å². The van der Waals surface area contributed by atoms with Crippen molar-refractivity contribution < 1.29 is 9.53 Å². The molecule has 2 aromatic carbocycles. The van der Waals surface area contributed by atoms with Crippen molar-refractivity contribution in [1.82, 2.24) is 0 Å². The van der Waals surface area contributed by atoms with Crippen LogP contribution < -0.4 is 15.0 Å². The standard InChI is InChI=1S/C19H22N2O2/c1-3-23-18-10-5-4-8-16(18)20-19(22)13-21-12-11-15-14(2)7-6-9-17(15)21/h4-10H,3,11-13H2,1-2H3,(H,20,22). The van der Waals surface area contributed by atoms with E-state index in [9.17, 15) is 4.79 Å². The van der Waals surface area contributed by atoms with E-state index < -0.39 is 0 Å². The number of carbonyl (C=O) groups is 1. The van der Waals surface area contributed by atoms with Gasteiger partial charge < -0.3 is 15.0 Å². The van der Waals surface area contributed by atoms with Crippen LogP contribution >= 0.6 is 0 Å². The van der Waals surface area contributed by atoms with Gasteiger partial charge in [-0.2, -0.15) is 0 Å². The Kier molecular flexibility index (Phi) is 4.51. The highest BCUT2D eigenvalue weighted by Crippen LogP contribution is 2.30. The van der Waals surface area contributed by atoms with Crippen LogP contribution in [0.2, 0.25) is 0 Å². The van der Waals surface area contributed by atoms with Gasteiger partial charge in [-0.25, -0.2) is 0 Å². The molecule has 1 aliphatic rings. The number of rotatable bonds is 5. The van der Waals surface area contributed by atoms with E-state index in [1.165, 1.54) is 16.8 Å². The van der Waals surface area contributed by atoms with Crippen LogP contribution in [0.3, 0.4) is 0 Å². The highest BCUT2D eigenvalue weighted by Gasteiger charge is 2.22. The van der Waals surface area contributed by atoms with Crippen molar-refractivity contribution in [2.75, 3.05) is 29.9 Å². The SMILES string of the molecule is CCOc1ccccc1NC(=O)CN1CCc2c(C)cccc21. The monoisotopic (exact) mass is 310 g/mol. The summed E-state index contributed by atoms with van der Waals surface area (Å²) in [5, 5.41) is 2.96. The first-order valence-electron chi connectivity index (χ1n) is 8.04. The molecule has 23 heavy (non-hydrogen) atoms. The van der Waals surface area contributed by atoms with Gasteiger partial charge in [0.25, 0.3) is 0 Å². The van der Waals surface area contributed by atoms with Gasteiger partial charge in [0.2, 0.25) is 5.91 Å². The van der Waals surface area contributed by atoms with Crippen LogP contribution in [0.5, 0.6) is 5.75 Å². The predicted octanol–water partition coefficient (Wildman–Crippen LogP) is 3.39. The summed E-state index contributed by atoms with van der Waals surface area (Å²) in [5.74, 6) is 0.688. The topological polar surface area (TPSA) is 41.6 Å². The minimum atomic E-state index is -0.0218. The number of para-hydroxylation sites is 2. The van der Waals surface area contributed by atoms with E-state index in [2.05, 4.69) is 35.3 Å². The van der Waals surface area contributed by atoms with Gasteiger partial charge >= 0.3 is 0 Å². The Morgan fingerprint density at radius 3 is 2.87 bits per heavy atom. The minimum Gasteiger partial charge on any atom is -0.492 e. The highest BCUT2D eigenvalue weighted by atomic mass is 16.5. The molecule has 3 rings (SSSR count). The number of ether oxygens (including phenoxy) is 1. The van der Waals surface area contributed by atoms with Gasteiger partial charge in [0.1, 0.15) is 5.75 Å². The Balaban J connectivity index is 1.69. The molecule has 0 aromatic heterocycles. The normalized spacial score (nSPS) is 12.9. The van der Waals surface area contributed by atoms with Crippen molar-refractivity contribution in [1.29, 1.82) is 0 Å². The van der Waals surface area contributed by atoms with Crippen LogP contribution in [-0.2, 0) is 11.2 Å². The first-order chi connectivity index (χ1) is 11.2. The van der Waals surface area contributed by atoms with Crippen LogP contribution in [0.25, 0.3) is 0 Å². The lowest BCUT2D eigenvalue weighted by Crippen LogP contribution is -2.32. The number of fused-ring (bicyclic) bond motifs is 1. The average molecular weight is 310 g/mol. The first-order valence-corrected chi connectivity index (χ1v) is 8.04. The summed E-state index contributed by atoms with van der Waals surface area (Å²) in [5.41, 5.74) is 4.56. The molecule has 120 valence electrons. The molecule has 0 spiro atoms. The zero-order valence-corrected chi connectivity index (χ0v) is 13.6. The van der Waals surface area contributed by atoms with Gasteiger partial charge in [-0.05, 0) is 49.6 Å². The fourth-order valence-corrected chi connectivity index (χ4v) is 3.05. The number of hydrogen-bond acceptors (Lipinski definition) is 3. The van der Waals surface area contributed by atoms with E-state index in [0.717, 1.165) is 18.7 Å². The van der Waals surface area contributed by atoms with E-state index >= 15 is 0 Å². The summed E-state index contributed by atoms with van der Waals surface area (Å²) in [7, 11) is 0. The second-order valence-corrected chi connectivity index (χ2v) is 5.72. The molecule has 0 saturated heterocycles. The molecule has 2 aromatic rings. The second-order valence-electron chi connectivity index (χ2n) is 5.72. The van der Waals surface area contributed by atoms with Gasteiger partial charge in [-0.15, -0.1) is 0 Å². The molecule has 1 amide bonds. The molecule has 4 nitrogen and oxygen atoms in total. The quantitative estimate of drug-likeness (QED) is 0.920. The lowest BCUT2D eigenvalue weighted by molar-refractivity contribution is -0.115. The number of aryl methyl sites for hydroxylation is 1. The number of hydrogen-bond donors (Lipinski definition) is 1. The number of nitrogens with one attached hydrogen (secondary N) is 1. The fourth-order valence-electron chi connectivity index (χ4n) is 3.05. The van der Waals surface area contributed by atoms with E-state index in [-0.39, 0.29) is 5.91 Å². The summed E-state index contributed by atoms with van der Waals surface area (Å²) in [4.78, 5) is 14.6. The number of carbonyl (C=O) groups excluding carboxylic acids is 1. The maximum absolute atomic E-state index is 12.4. The molecule has 0 fully saturated rings. The van der Waals surface area contributed by atoms with Crippen molar-refractivity contribution in [2.24, 2.45) is 0 Å². The lowest BCUT2D eigenvalue weighted by atomic mass is 10.1. The average Bonchev–Trinajstić information content (AvgIpc) is 2.94. The Labute approximate surface area is 137 Å². The molecule has 0 bridgehead atoms. The second kappa shape index (κ2) is 6.73. The molecular formula is C19H22N2O2. The first kappa shape index (κ1) is 15.4. The Hall–Kier alpha value is -2.49. The minimum absolute atomic E-state index is 0.0218. The highest BCUT2D eigenvalue weighted by molar-refractivity contribution is 5.95. The van der Waals surface area contributed by atoms with E-state index in [4.69, 9.17) is 4.74 Å².